The predicted molar refractivity (Wildman–Crippen MR) is 118 cm³/mol. The number of benzene rings is 1. The van der Waals surface area contributed by atoms with E-state index in [1.54, 1.807) is 4.90 Å². The quantitative estimate of drug-likeness (QED) is 0.605. The lowest BCUT2D eigenvalue weighted by Crippen LogP contribution is -2.41. The summed E-state index contributed by atoms with van der Waals surface area (Å²) in [6.45, 7) is 8.44. The minimum absolute atomic E-state index is 0.236. The van der Waals surface area contributed by atoms with Crippen LogP contribution in [-0.4, -0.2) is 62.0 Å². The van der Waals surface area contributed by atoms with E-state index in [4.69, 9.17) is 14.5 Å². The van der Waals surface area contributed by atoms with Crippen LogP contribution in [0.5, 0.6) is 0 Å². The number of hydrogen-bond acceptors (Lipinski definition) is 7. The Hall–Kier alpha value is -2.52. The van der Waals surface area contributed by atoms with E-state index in [1.807, 2.05) is 27.0 Å². The molecule has 9 heteroatoms. The van der Waals surface area contributed by atoms with Gasteiger partial charge in [-0.05, 0) is 51.2 Å². The highest BCUT2D eigenvalue weighted by atomic mass is 32.1. The van der Waals surface area contributed by atoms with Gasteiger partial charge in [-0.15, -0.1) is 0 Å². The molecule has 2 fully saturated rings. The highest BCUT2D eigenvalue weighted by molar-refractivity contribution is 7.09. The van der Waals surface area contributed by atoms with Crippen molar-refractivity contribution in [2.24, 2.45) is 0 Å². The van der Waals surface area contributed by atoms with Crippen LogP contribution < -0.4 is 0 Å². The van der Waals surface area contributed by atoms with Gasteiger partial charge in [-0.1, -0.05) is 12.1 Å². The molecule has 8 nitrogen and oxygen atoms in total. The van der Waals surface area contributed by atoms with Crippen molar-refractivity contribution in [1.29, 1.82) is 0 Å². The van der Waals surface area contributed by atoms with E-state index in [1.165, 1.54) is 11.5 Å². The van der Waals surface area contributed by atoms with Crippen LogP contribution in [0.3, 0.4) is 0 Å². The monoisotopic (exact) mass is 441 g/mol. The van der Waals surface area contributed by atoms with Crippen LogP contribution in [0.1, 0.15) is 51.4 Å². The molecule has 2 saturated heterocycles. The summed E-state index contributed by atoms with van der Waals surface area (Å²) < 4.78 is 17.5. The first-order chi connectivity index (χ1) is 14.9. The molecule has 0 unspecified atom stereocenters. The van der Waals surface area contributed by atoms with E-state index in [0.29, 0.717) is 32.3 Å². The Labute approximate surface area is 185 Å². The fourth-order valence-corrected chi connectivity index (χ4v) is 4.73. The number of ether oxygens (including phenoxy) is 2. The summed E-state index contributed by atoms with van der Waals surface area (Å²) in [5.74, 6) is 1.15. The van der Waals surface area contributed by atoms with Gasteiger partial charge in [-0.3, -0.25) is 4.68 Å². The van der Waals surface area contributed by atoms with Crippen molar-refractivity contribution >= 4 is 28.5 Å². The van der Waals surface area contributed by atoms with Crippen molar-refractivity contribution in [3.8, 4) is 10.6 Å². The van der Waals surface area contributed by atoms with Crippen molar-refractivity contribution in [2.75, 3.05) is 26.3 Å². The van der Waals surface area contributed by atoms with Crippen LogP contribution in [-0.2, 0) is 9.47 Å². The molecular formula is C22H27N5O3S. The minimum atomic E-state index is -0.471. The predicted octanol–water partition coefficient (Wildman–Crippen LogP) is 4.24. The maximum Gasteiger partial charge on any atom is 0.410 e. The van der Waals surface area contributed by atoms with E-state index in [2.05, 4.69) is 32.4 Å². The van der Waals surface area contributed by atoms with Gasteiger partial charge in [0.2, 0.25) is 0 Å². The summed E-state index contributed by atoms with van der Waals surface area (Å²) in [4.78, 5) is 18.9. The van der Waals surface area contributed by atoms with Gasteiger partial charge in [0.15, 0.2) is 0 Å². The van der Waals surface area contributed by atoms with Crippen molar-refractivity contribution in [2.45, 2.75) is 51.2 Å². The number of rotatable bonds is 3. The number of piperidine rings is 1. The molecule has 0 N–H and O–H groups in total. The lowest BCUT2D eigenvalue weighted by molar-refractivity contribution is -0.0266. The number of aromatic nitrogens is 4. The minimum Gasteiger partial charge on any atom is -0.444 e. The summed E-state index contributed by atoms with van der Waals surface area (Å²) >= 11 is 1.44. The van der Waals surface area contributed by atoms with E-state index in [9.17, 15) is 4.79 Å². The Bertz CT molecular complexity index is 1090. The second-order valence-electron chi connectivity index (χ2n) is 9.25. The number of nitrogens with zero attached hydrogens (tertiary/aromatic N) is 5. The Morgan fingerprint density at radius 3 is 2.68 bits per heavy atom. The van der Waals surface area contributed by atoms with Crippen LogP contribution in [0.15, 0.2) is 24.4 Å². The molecule has 2 aromatic heterocycles. The third kappa shape index (κ3) is 4.16. The van der Waals surface area contributed by atoms with E-state index in [0.717, 1.165) is 40.1 Å². The molecule has 0 bridgehead atoms. The van der Waals surface area contributed by atoms with Crippen LogP contribution in [0.2, 0.25) is 0 Å². The average molecular weight is 442 g/mol. The van der Waals surface area contributed by atoms with Gasteiger partial charge in [0.1, 0.15) is 16.4 Å². The Morgan fingerprint density at radius 1 is 1.23 bits per heavy atom. The number of carbonyl (C=O) groups excluding carboxylic acids is 1. The normalized spacial score (nSPS) is 18.4. The third-order valence-electron chi connectivity index (χ3n) is 5.77. The maximum absolute atomic E-state index is 12.3. The molecule has 5 rings (SSSR count). The molecule has 0 radical (unpaired) electrons. The van der Waals surface area contributed by atoms with Crippen molar-refractivity contribution < 1.29 is 14.3 Å². The SMILES string of the molecule is CC(C)(C)OC(=O)N1CCC(c2nsc(-c3ccc4cnn(C5COC5)c4c3)n2)CC1. The van der Waals surface area contributed by atoms with Gasteiger partial charge in [-0.2, -0.15) is 9.47 Å². The lowest BCUT2D eigenvalue weighted by Gasteiger charge is -2.32. The summed E-state index contributed by atoms with van der Waals surface area (Å²) in [5.41, 5.74) is 1.69. The van der Waals surface area contributed by atoms with Gasteiger partial charge in [0.05, 0.1) is 31.0 Å². The zero-order chi connectivity index (χ0) is 21.6. The Kier molecular flexibility index (Phi) is 5.18. The standard InChI is InChI=1S/C22H27N5O3S/c1-22(2,3)30-21(28)26-8-6-14(7-9-26)19-24-20(31-25-19)15-4-5-16-11-23-27(18(16)10-15)17-12-29-13-17/h4-5,10-11,14,17H,6-9,12-13H2,1-3H3. The molecule has 2 aliphatic rings. The molecular weight excluding hydrogens is 414 g/mol. The molecule has 1 aromatic carbocycles. The van der Waals surface area contributed by atoms with E-state index < -0.39 is 5.60 Å². The lowest BCUT2D eigenvalue weighted by atomic mass is 9.96. The van der Waals surface area contributed by atoms with Crippen LogP contribution in [0.4, 0.5) is 4.79 Å². The fourth-order valence-electron chi connectivity index (χ4n) is 3.99. The second kappa shape index (κ2) is 7.87. The highest BCUT2D eigenvalue weighted by Crippen LogP contribution is 2.32. The fraction of sp³-hybridized carbons (Fsp3) is 0.545. The largest absolute Gasteiger partial charge is 0.444 e. The molecule has 0 saturated carbocycles. The van der Waals surface area contributed by atoms with Crippen molar-refractivity contribution in [3.63, 3.8) is 0 Å². The van der Waals surface area contributed by atoms with E-state index in [-0.39, 0.29) is 12.0 Å². The summed E-state index contributed by atoms with van der Waals surface area (Å²) in [6, 6.07) is 6.64. The number of hydrogen-bond donors (Lipinski definition) is 0. The molecule has 31 heavy (non-hydrogen) atoms. The van der Waals surface area contributed by atoms with Gasteiger partial charge in [0.25, 0.3) is 0 Å². The van der Waals surface area contributed by atoms with Crippen LogP contribution in [0, 0.1) is 0 Å². The zero-order valence-corrected chi connectivity index (χ0v) is 18.9. The molecule has 4 heterocycles. The first-order valence-corrected chi connectivity index (χ1v) is 11.5. The molecule has 2 aliphatic heterocycles. The Morgan fingerprint density at radius 2 is 2.00 bits per heavy atom. The molecule has 3 aromatic rings. The molecule has 164 valence electrons. The molecule has 1 amide bonds. The van der Waals surface area contributed by atoms with E-state index >= 15 is 0 Å². The third-order valence-corrected chi connectivity index (χ3v) is 6.54. The molecule has 0 spiro atoms. The maximum atomic E-state index is 12.3. The number of amides is 1. The summed E-state index contributed by atoms with van der Waals surface area (Å²) in [5, 5.41) is 6.58. The molecule has 0 aliphatic carbocycles. The number of carbonyl (C=O) groups is 1. The topological polar surface area (TPSA) is 82.4 Å². The van der Waals surface area contributed by atoms with Crippen LogP contribution >= 0.6 is 11.5 Å². The van der Waals surface area contributed by atoms with Crippen LogP contribution in [0.25, 0.3) is 21.5 Å². The smallest absolute Gasteiger partial charge is 0.410 e. The van der Waals surface area contributed by atoms with Gasteiger partial charge in [-0.25, -0.2) is 9.78 Å². The summed E-state index contributed by atoms with van der Waals surface area (Å²) in [7, 11) is 0. The first-order valence-electron chi connectivity index (χ1n) is 10.7. The van der Waals surface area contributed by atoms with Gasteiger partial charge >= 0.3 is 6.09 Å². The van der Waals surface area contributed by atoms with Gasteiger partial charge in [0, 0.05) is 30.0 Å². The highest BCUT2D eigenvalue weighted by Gasteiger charge is 2.29. The zero-order valence-electron chi connectivity index (χ0n) is 18.1. The second-order valence-corrected chi connectivity index (χ2v) is 10.0. The number of fused-ring (bicyclic) bond motifs is 1. The van der Waals surface area contributed by atoms with Crippen molar-refractivity contribution in [3.05, 3.63) is 30.2 Å². The summed E-state index contributed by atoms with van der Waals surface area (Å²) in [6.07, 6.45) is 3.37. The molecule has 0 atom stereocenters. The average Bonchev–Trinajstić information content (AvgIpc) is 3.33. The first kappa shape index (κ1) is 20.4. The number of likely N-dealkylation sites (tertiary alicyclic amines) is 1. The Balaban J connectivity index is 1.28. The van der Waals surface area contributed by atoms with Gasteiger partial charge < -0.3 is 14.4 Å². The van der Waals surface area contributed by atoms with Crippen molar-refractivity contribution in [1.82, 2.24) is 24.0 Å².